The lowest BCUT2D eigenvalue weighted by Gasteiger charge is -2.23. The summed E-state index contributed by atoms with van der Waals surface area (Å²) in [7, 11) is 0. The zero-order valence-corrected chi connectivity index (χ0v) is 19.0. The molecule has 158 valence electrons. The number of thiophene rings is 1. The summed E-state index contributed by atoms with van der Waals surface area (Å²) in [6.07, 6.45) is 3.25. The van der Waals surface area contributed by atoms with Crippen molar-refractivity contribution in [2.45, 2.75) is 26.8 Å². The first-order chi connectivity index (χ1) is 14.9. The molecule has 4 rings (SSSR count). The van der Waals surface area contributed by atoms with E-state index in [-0.39, 0.29) is 17.7 Å². The predicted octanol–water partition coefficient (Wildman–Crippen LogP) is 6.77. The number of aromatic nitrogens is 1. The van der Waals surface area contributed by atoms with Gasteiger partial charge >= 0.3 is 0 Å². The quantitative estimate of drug-likeness (QED) is 0.339. The van der Waals surface area contributed by atoms with Crippen LogP contribution < -0.4 is 10.6 Å². The van der Waals surface area contributed by atoms with Crippen molar-refractivity contribution >= 4 is 39.7 Å². The van der Waals surface area contributed by atoms with E-state index in [1.165, 1.54) is 17.6 Å². The Hall–Kier alpha value is -3.09. The van der Waals surface area contributed by atoms with Crippen LogP contribution in [0.25, 0.3) is 0 Å². The maximum Gasteiger partial charge on any atom is 0.291 e. The summed E-state index contributed by atoms with van der Waals surface area (Å²) in [6, 6.07) is 14.7. The van der Waals surface area contributed by atoms with E-state index in [1.54, 1.807) is 18.3 Å². The average Bonchev–Trinajstić information content (AvgIpc) is 3.36. The molecule has 0 saturated carbocycles. The van der Waals surface area contributed by atoms with Crippen LogP contribution in [-0.2, 0) is 0 Å². The van der Waals surface area contributed by atoms with Gasteiger partial charge in [0.05, 0.1) is 12.3 Å². The van der Waals surface area contributed by atoms with Crippen LogP contribution in [0.15, 0.2) is 65.4 Å². The van der Waals surface area contributed by atoms with Crippen LogP contribution in [0.3, 0.4) is 0 Å². The minimum absolute atomic E-state index is 0.261. The molecule has 7 heteroatoms. The largest absolute Gasteiger partial charge is 0.459 e. The fraction of sp³-hybridized carbons (Fsp3) is 0.167. The Bertz CT molecular complexity index is 1220. The van der Waals surface area contributed by atoms with Crippen molar-refractivity contribution in [2.24, 2.45) is 0 Å². The molecule has 4 aromatic rings. The first kappa shape index (κ1) is 21.2. The Kier molecular flexibility index (Phi) is 6.11. The zero-order chi connectivity index (χ0) is 22.0. The Morgan fingerprint density at radius 1 is 1.13 bits per heavy atom. The van der Waals surface area contributed by atoms with Crippen LogP contribution >= 0.6 is 22.9 Å². The fourth-order valence-corrected chi connectivity index (χ4v) is 4.77. The minimum Gasteiger partial charge on any atom is -0.459 e. The summed E-state index contributed by atoms with van der Waals surface area (Å²) < 4.78 is 5.26. The van der Waals surface area contributed by atoms with Crippen molar-refractivity contribution in [3.63, 3.8) is 0 Å². The maximum atomic E-state index is 12.7. The molecule has 0 spiro atoms. The second-order valence-corrected chi connectivity index (χ2v) is 8.91. The summed E-state index contributed by atoms with van der Waals surface area (Å²) in [5.74, 6) is 0.702. The molecular formula is C24H22ClN3O2S. The van der Waals surface area contributed by atoms with Crippen LogP contribution in [0.5, 0.6) is 0 Å². The normalized spacial score (nSPS) is 11.9. The lowest BCUT2D eigenvalue weighted by Crippen LogP contribution is -2.18. The van der Waals surface area contributed by atoms with Crippen molar-refractivity contribution in [3.8, 4) is 0 Å². The highest BCUT2D eigenvalue weighted by Gasteiger charge is 2.27. The van der Waals surface area contributed by atoms with Gasteiger partial charge in [-0.3, -0.25) is 4.79 Å². The van der Waals surface area contributed by atoms with Gasteiger partial charge in [0, 0.05) is 21.7 Å². The highest BCUT2D eigenvalue weighted by Crippen LogP contribution is 2.42. The molecule has 0 aliphatic carbocycles. The molecule has 1 aromatic carbocycles. The molecule has 0 radical (unpaired) electrons. The maximum absolute atomic E-state index is 12.7. The molecular weight excluding hydrogens is 430 g/mol. The monoisotopic (exact) mass is 451 g/mol. The van der Waals surface area contributed by atoms with E-state index in [1.807, 2.05) is 50.2 Å². The Morgan fingerprint density at radius 2 is 1.94 bits per heavy atom. The van der Waals surface area contributed by atoms with Gasteiger partial charge in [-0.1, -0.05) is 29.8 Å². The van der Waals surface area contributed by atoms with Gasteiger partial charge in [0.15, 0.2) is 5.76 Å². The Labute approximate surface area is 190 Å². The Balaban J connectivity index is 1.81. The van der Waals surface area contributed by atoms with E-state index < -0.39 is 0 Å². The Morgan fingerprint density at radius 3 is 2.65 bits per heavy atom. The number of pyridine rings is 1. The number of carbonyl (C=O) groups excluding carboxylic acids is 1. The summed E-state index contributed by atoms with van der Waals surface area (Å²) in [4.78, 5) is 18.3. The van der Waals surface area contributed by atoms with E-state index in [0.29, 0.717) is 5.02 Å². The summed E-state index contributed by atoms with van der Waals surface area (Å²) >= 11 is 8.14. The SMILES string of the molecule is Cc1ccnc(N[C@H](c2ccccc2Cl)c2c(NC(=O)c3ccco3)sc(C)c2C)c1. The fourth-order valence-electron chi connectivity index (χ4n) is 3.44. The van der Waals surface area contributed by atoms with Gasteiger partial charge in [0.1, 0.15) is 10.8 Å². The molecule has 0 saturated heterocycles. The summed E-state index contributed by atoms with van der Waals surface area (Å²) in [5, 5.41) is 7.95. The number of furan rings is 1. The number of aryl methyl sites for hydroxylation is 2. The first-order valence-corrected chi connectivity index (χ1v) is 11.0. The zero-order valence-electron chi connectivity index (χ0n) is 17.4. The second kappa shape index (κ2) is 8.96. The lowest BCUT2D eigenvalue weighted by molar-refractivity contribution is 0.0997. The molecule has 3 heterocycles. The second-order valence-electron chi connectivity index (χ2n) is 7.27. The lowest BCUT2D eigenvalue weighted by atomic mass is 9.96. The molecule has 0 fully saturated rings. The van der Waals surface area contributed by atoms with Crippen molar-refractivity contribution in [1.82, 2.24) is 4.98 Å². The minimum atomic E-state index is -0.306. The van der Waals surface area contributed by atoms with Gasteiger partial charge in [-0.15, -0.1) is 11.3 Å². The van der Waals surface area contributed by atoms with Gasteiger partial charge in [-0.2, -0.15) is 0 Å². The highest BCUT2D eigenvalue weighted by molar-refractivity contribution is 7.16. The molecule has 0 bridgehead atoms. The molecule has 31 heavy (non-hydrogen) atoms. The van der Waals surface area contributed by atoms with Crippen LogP contribution in [0, 0.1) is 20.8 Å². The molecule has 2 N–H and O–H groups in total. The van der Waals surface area contributed by atoms with E-state index in [9.17, 15) is 4.79 Å². The highest BCUT2D eigenvalue weighted by atomic mass is 35.5. The summed E-state index contributed by atoms with van der Waals surface area (Å²) in [5.41, 5.74) is 4.05. The number of rotatable bonds is 6. The summed E-state index contributed by atoms with van der Waals surface area (Å²) in [6.45, 7) is 6.12. The number of nitrogens with one attached hydrogen (secondary N) is 2. The third-order valence-corrected chi connectivity index (χ3v) is 6.60. The van der Waals surface area contributed by atoms with Crippen molar-refractivity contribution in [1.29, 1.82) is 0 Å². The van der Waals surface area contributed by atoms with E-state index in [4.69, 9.17) is 16.0 Å². The third kappa shape index (κ3) is 4.50. The van der Waals surface area contributed by atoms with Crippen molar-refractivity contribution < 1.29 is 9.21 Å². The van der Waals surface area contributed by atoms with Crippen molar-refractivity contribution in [3.05, 3.63) is 98.9 Å². The van der Waals surface area contributed by atoms with Crippen molar-refractivity contribution in [2.75, 3.05) is 10.6 Å². The van der Waals surface area contributed by atoms with Crippen LogP contribution in [-0.4, -0.2) is 10.9 Å². The number of carbonyl (C=O) groups is 1. The molecule has 3 aromatic heterocycles. The number of anilines is 2. The predicted molar refractivity (Wildman–Crippen MR) is 126 cm³/mol. The number of hydrogen-bond donors (Lipinski definition) is 2. The van der Waals surface area contributed by atoms with Gasteiger partial charge in [0.25, 0.3) is 5.91 Å². The van der Waals surface area contributed by atoms with E-state index in [0.717, 1.165) is 37.9 Å². The number of benzene rings is 1. The van der Waals surface area contributed by atoms with E-state index in [2.05, 4.69) is 22.5 Å². The third-order valence-electron chi connectivity index (χ3n) is 5.12. The van der Waals surface area contributed by atoms with Crippen LogP contribution in [0.2, 0.25) is 5.02 Å². The molecule has 0 aliphatic heterocycles. The number of halogens is 1. The topological polar surface area (TPSA) is 67.2 Å². The number of nitrogens with zero attached hydrogens (tertiary/aromatic N) is 1. The molecule has 0 unspecified atom stereocenters. The molecule has 1 amide bonds. The standard InChI is InChI=1S/C24H22ClN3O2S/c1-14-10-11-26-20(13-14)27-22(17-7-4-5-8-18(17)25)21-15(2)16(3)31-24(21)28-23(29)19-9-6-12-30-19/h4-13,22H,1-3H3,(H,26,27)(H,28,29)/t22-/m1/s1. The molecule has 5 nitrogen and oxygen atoms in total. The molecule has 0 aliphatic rings. The number of hydrogen-bond acceptors (Lipinski definition) is 5. The van der Waals surface area contributed by atoms with Crippen LogP contribution in [0.1, 0.15) is 43.7 Å². The number of amides is 1. The van der Waals surface area contributed by atoms with Gasteiger partial charge < -0.3 is 15.1 Å². The van der Waals surface area contributed by atoms with Crippen LogP contribution in [0.4, 0.5) is 10.8 Å². The molecule has 1 atom stereocenters. The van der Waals surface area contributed by atoms with Gasteiger partial charge in [-0.05, 0) is 67.8 Å². The first-order valence-electron chi connectivity index (χ1n) is 9.82. The smallest absolute Gasteiger partial charge is 0.291 e. The van der Waals surface area contributed by atoms with Gasteiger partial charge in [-0.25, -0.2) is 4.98 Å². The average molecular weight is 452 g/mol. The van der Waals surface area contributed by atoms with Gasteiger partial charge in [0.2, 0.25) is 0 Å². The van der Waals surface area contributed by atoms with E-state index >= 15 is 0 Å².